The summed E-state index contributed by atoms with van der Waals surface area (Å²) in [5, 5.41) is 28.9. The molecule has 2 aliphatic carbocycles. The number of nitriles is 2. The number of carbonyl (C=O) groups excluding carboxylic acids is 2. The smallest absolute Gasteiger partial charge is 0.270 e. The summed E-state index contributed by atoms with van der Waals surface area (Å²) in [7, 11) is 0. The molecule has 7 heterocycles. The average Bonchev–Trinajstić information content (AvgIpc) is 1.50. The number of rotatable bonds is 64. The van der Waals surface area contributed by atoms with E-state index >= 15 is 9.59 Å². The van der Waals surface area contributed by atoms with Crippen LogP contribution < -0.4 is 0 Å². The van der Waals surface area contributed by atoms with E-state index in [4.69, 9.17) is 45.1 Å². The minimum atomic E-state index is -0.192. The van der Waals surface area contributed by atoms with E-state index in [9.17, 15) is 10.5 Å². The van der Waals surface area contributed by atoms with Crippen LogP contribution >= 0.6 is 136 Å². The fourth-order valence-corrected chi connectivity index (χ4v) is 32.1. The first-order valence-electron chi connectivity index (χ1n) is 53.9. The quantitative estimate of drug-likeness (QED) is 0.0121. The van der Waals surface area contributed by atoms with Gasteiger partial charge < -0.3 is 9.13 Å². The third-order valence-corrected chi connectivity index (χ3v) is 40.3. The highest BCUT2D eigenvalue weighted by molar-refractivity contribution is 9.11. The number of thioether (sulfide) groups is 2. The third-order valence-electron chi connectivity index (χ3n) is 29.4. The number of carbonyl (C=O) groups is 2. The molecule has 0 aliphatic heterocycles. The average molecular weight is 2160 g/mol. The van der Waals surface area contributed by atoms with Crippen LogP contribution in [0.25, 0.3) is 127 Å². The number of nitrogens with zero attached hydrogens (tertiary/aromatic N) is 8. The van der Waals surface area contributed by atoms with Crippen LogP contribution in [-0.2, 0) is 13.1 Å². The number of hydrogen-bond acceptors (Lipinski definition) is 13. The van der Waals surface area contributed by atoms with Crippen LogP contribution in [-0.4, -0.2) is 41.0 Å². The lowest BCUT2D eigenvalue weighted by atomic mass is 9.93. The van der Waals surface area contributed by atoms with E-state index < -0.39 is 0 Å². The van der Waals surface area contributed by atoms with E-state index in [-0.39, 0.29) is 23.0 Å². The Kier molecular flexibility index (Phi) is 43.7. The molecular formula is C118H146Br2Cl2N8O2S7. The van der Waals surface area contributed by atoms with Crippen molar-refractivity contribution in [3.63, 3.8) is 0 Å². The van der Waals surface area contributed by atoms with Crippen molar-refractivity contribution in [1.82, 2.24) is 17.9 Å². The van der Waals surface area contributed by atoms with Crippen LogP contribution in [0.3, 0.4) is 0 Å². The van der Waals surface area contributed by atoms with Crippen molar-refractivity contribution >= 4 is 264 Å². The van der Waals surface area contributed by atoms with Gasteiger partial charge in [-0.3, -0.25) is 9.59 Å². The Morgan fingerprint density at radius 3 is 0.957 bits per heavy atom. The highest BCUT2D eigenvalue weighted by atomic mass is 79.9. The molecule has 0 radical (unpaired) electrons. The second-order valence-corrected chi connectivity index (χ2v) is 49.3. The number of thiophene rings is 4. The molecule has 0 saturated carbocycles. The molecule has 139 heavy (non-hydrogen) atoms. The fraction of sp³-hybridized carbons (Fsp3) is 0.559. The van der Waals surface area contributed by atoms with E-state index in [1.807, 2.05) is 94.7 Å². The largest absolute Gasteiger partial charge is 0.337 e. The van der Waals surface area contributed by atoms with Gasteiger partial charge in [0.1, 0.15) is 11.0 Å². The molecule has 12 aromatic rings. The Bertz CT molecular complexity index is 6130. The standard InChI is InChI=1S/C118H146Br2Cl2N8O2S7/c1-9-15-21-27-33-37-39-43-49-55-61-79(59-53-47-41-35-29-23-17-11-3)77-129-105-101(113-107(129)115-117(137-113)111(133-63-57-51-45-31-25-19-13-5)97(135-115)73-89-99(95(75-123)125-7)85-65-83-71-93(121)91(119)69-81(83)67-87(85)109(89)131)103-104(128-139-127-103)102-106(105)130(78-80(60-54-48-42-36-30-24-18-12-4)62-56-50-44-40-38-34-28-22-16-10-2)108-114(102)138-118-112(134-64-58-52-46-32-26-20-14-6)98(136-116(108)118)74-90-100(96(76-124)126-8)86-66-84-72-94(122)92(120)70-82(84)68-88(86)110(90)132/h65-74,79-80H,9-64,77-78H2,1-6H3/b89-73-,90-74-,99-95-,100-96+. The summed E-state index contributed by atoms with van der Waals surface area (Å²) < 4.78 is 25.8. The van der Waals surface area contributed by atoms with Gasteiger partial charge >= 0.3 is 0 Å². The molecule has 2 atom stereocenters. The highest BCUT2D eigenvalue weighted by Crippen LogP contribution is 2.59. The van der Waals surface area contributed by atoms with Crippen molar-refractivity contribution in [2.75, 3.05) is 11.5 Å². The van der Waals surface area contributed by atoms with Crippen molar-refractivity contribution in [3.05, 3.63) is 145 Å². The molecule has 2 aliphatic rings. The minimum Gasteiger partial charge on any atom is -0.337 e. The lowest BCUT2D eigenvalue weighted by molar-refractivity contribution is 0.103. The minimum absolute atomic E-state index is 0.104. The van der Waals surface area contributed by atoms with E-state index in [0.717, 1.165) is 137 Å². The molecule has 21 heteroatoms. The van der Waals surface area contributed by atoms with Crippen LogP contribution in [0, 0.1) is 47.6 Å². The van der Waals surface area contributed by atoms with Gasteiger partial charge in [0.2, 0.25) is 0 Å². The summed E-state index contributed by atoms with van der Waals surface area (Å²) in [6.07, 6.45) is 71.2. The zero-order valence-electron chi connectivity index (χ0n) is 83.7. The summed E-state index contributed by atoms with van der Waals surface area (Å²) in [5.74, 6) is 2.13. The first-order chi connectivity index (χ1) is 68.2. The molecule has 0 N–H and O–H groups in total. The number of unbranched alkanes of at least 4 members (excludes halogenated alkanes) is 44. The molecule has 7 aromatic heterocycles. The normalized spacial score (nSPS) is 14.7. The molecule has 0 amide bonds. The number of halogens is 4. The number of hydrogen-bond donors (Lipinski definition) is 0. The SMILES string of the molecule is [C-]#[N+]/C(C#N)=C1\C(=C\c2sc3c(sc4c5c6nsnc6c6c7sc8c(SCCCCCCCCC)c(/C=C9\C(=O)c%10cc%11cc(Br)c(Cl)cc%11cc%10\C9=C(\C#N)[N+]#[C-])sc8c7n(CC(CCCCCCCCCC)CCCCCCCCCCCC)c6c5n(CC(CCCCCCCCCC)CCCCCCCCCCCC)c34)c2SCCCCCCCCC)C(=O)c2cc3cc(Br)c(Cl)cc3cc21. The Labute approximate surface area is 885 Å². The Morgan fingerprint density at radius 2 is 0.662 bits per heavy atom. The topological polar surface area (TPSA) is 126 Å². The maximum Gasteiger partial charge on any atom is 0.270 e. The number of benzene rings is 5. The second kappa shape index (κ2) is 56.0. The van der Waals surface area contributed by atoms with E-state index in [2.05, 4.69) is 117 Å². The molecule has 10 nitrogen and oxygen atoms in total. The zero-order chi connectivity index (χ0) is 97.5. The lowest BCUT2D eigenvalue weighted by Gasteiger charge is -2.22. The molecule has 5 aromatic carbocycles. The van der Waals surface area contributed by atoms with Crippen molar-refractivity contribution in [2.24, 2.45) is 11.8 Å². The van der Waals surface area contributed by atoms with Crippen molar-refractivity contribution in [1.29, 1.82) is 10.5 Å². The van der Waals surface area contributed by atoms with Gasteiger partial charge in [-0.1, -0.05) is 373 Å². The van der Waals surface area contributed by atoms with Crippen LogP contribution in [0.5, 0.6) is 0 Å². The first-order valence-corrected chi connectivity index (χ1v) is 62.2. The fourth-order valence-electron chi connectivity index (χ4n) is 21.8. The van der Waals surface area contributed by atoms with Gasteiger partial charge in [0, 0.05) is 85.8 Å². The van der Waals surface area contributed by atoms with Gasteiger partial charge in [-0.25, -0.2) is 20.2 Å². The molecular weight excluding hydrogens is 2020 g/mol. The molecule has 0 fully saturated rings. The zero-order valence-corrected chi connectivity index (χ0v) is 94.1. The first kappa shape index (κ1) is 109. The van der Waals surface area contributed by atoms with Gasteiger partial charge in [0.25, 0.3) is 11.4 Å². The number of Topliss-reactive ketones (excluding diaryl/α,β-unsaturated/α-hetero) is 2. The van der Waals surface area contributed by atoms with Gasteiger partial charge in [-0.15, -0.1) is 68.9 Å². The van der Waals surface area contributed by atoms with Crippen molar-refractivity contribution < 1.29 is 9.59 Å². The van der Waals surface area contributed by atoms with Gasteiger partial charge in [0.05, 0.1) is 97.3 Å². The summed E-state index contributed by atoms with van der Waals surface area (Å²) in [6.45, 7) is 32.7. The number of allylic oxidation sites excluding steroid dienone is 6. The summed E-state index contributed by atoms with van der Waals surface area (Å²) in [4.78, 5) is 43.8. The monoisotopic (exact) mass is 2160 g/mol. The van der Waals surface area contributed by atoms with Crippen LogP contribution in [0.1, 0.15) is 430 Å². The maximum atomic E-state index is 15.8. The second-order valence-electron chi connectivity index (χ2n) is 39.9. The number of fused-ring (bicyclic) bond motifs is 18. The maximum absolute atomic E-state index is 15.8. The number of aromatic nitrogens is 4. The van der Waals surface area contributed by atoms with E-state index in [1.165, 1.54) is 368 Å². The molecule has 0 spiro atoms. The van der Waals surface area contributed by atoms with Gasteiger partial charge in [-0.2, -0.15) is 8.75 Å². The Balaban J connectivity index is 1.04. The lowest BCUT2D eigenvalue weighted by Crippen LogP contribution is -2.14. The predicted molar refractivity (Wildman–Crippen MR) is 618 cm³/mol. The molecule has 2 unspecified atom stereocenters. The Hall–Kier alpha value is -6.14. The van der Waals surface area contributed by atoms with Gasteiger partial charge in [0.15, 0.2) is 11.6 Å². The van der Waals surface area contributed by atoms with Crippen LogP contribution in [0.15, 0.2) is 89.8 Å². The third kappa shape index (κ3) is 26.8. The van der Waals surface area contributed by atoms with Crippen LogP contribution in [0.4, 0.5) is 0 Å². The van der Waals surface area contributed by atoms with E-state index in [1.54, 1.807) is 22.7 Å². The summed E-state index contributed by atoms with van der Waals surface area (Å²) in [6, 6.07) is 20.0. The molecule has 740 valence electrons. The van der Waals surface area contributed by atoms with Crippen molar-refractivity contribution in [2.45, 2.75) is 411 Å². The molecule has 14 rings (SSSR count). The predicted octanol–water partition coefficient (Wildman–Crippen LogP) is 43.1. The van der Waals surface area contributed by atoms with Gasteiger partial charge in [-0.05, 0) is 187 Å². The molecule has 0 bridgehead atoms. The highest BCUT2D eigenvalue weighted by Gasteiger charge is 2.39. The van der Waals surface area contributed by atoms with E-state index in [0.29, 0.717) is 66.4 Å². The summed E-state index contributed by atoms with van der Waals surface area (Å²) >= 11 is 33.6. The molecule has 0 saturated heterocycles. The van der Waals surface area contributed by atoms with Crippen molar-refractivity contribution in [3.8, 4) is 12.1 Å². The summed E-state index contributed by atoms with van der Waals surface area (Å²) in [5.41, 5.74) is 10.3. The van der Waals surface area contributed by atoms with Crippen LogP contribution in [0.2, 0.25) is 10.0 Å². The Morgan fingerprint density at radius 1 is 0.381 bits per heavy atom. The number of ketones is 2.